The van der Waals surface area contributed by atoms with Crippen LogP contribution in [0.2, 0.25) is 0 Å². The molecule has 1 rings (SSSR count). The van der Waals surface area contributed by atoms with Crippen molar-refractivity contribution in [3.63, 3.8) is 0 Å². The highest BCUT2D eigenvalue weighted by atomic mass is 15.2. The van der Waals surface area contributed by atoms with E-state index in [1.165, 1.54) is 0 Å². The number of nitrogens with zero attached hydrogens (tertiary/aromatic N) is 2. The van der Waals surface area contributed by atoms with Crippen molar-refractivity contribution in [3.05, 3.63) is 23.5 Å². The molecular formula is C11H19N3. The van der Waals surface area contributed by atoms with Gasteiger partial charge in [0.1, 0.15) is 0 Å². The summed E-state index contributed by atoms with van der Waals surface area (Å²) in [4.78, 5) is 4.35. The molecule has 0 saturated carbocycles. The van der Waals surface area contributed by atoms with Gasteiger partial charge in [0.25, 0.3) is 0 Å². The van der Waals surface area contributed by atoms with Crippen LogP contribution in [0.3, 0.4) is 0 Å². The van der Waals surface area contributed by atoms with E-state index in [4.69, 9.17) is 5.73 Å². The van der Waals surface area contributed by atoms with Crippen molar-refractivity contribution in [1.29, 1.82) is 0 Å². The van der Waals surface area contributed by atoms with Crippen LogP contribution in [0, 0.1) is 19.8 Å². The van der Waals surface area contributed by atoms with Gasteiger partial charge in [-0.15, -0.1) is 0 Å². The molecule has 78 valence electrons. The van der Waals surface area contributed by atoms with Gasteiger partial charge in [0.15, 0.2) is 5.96 Å². The van der Waals surface area contributed by atoms with Crippen LogP contribution in [0.5, 0.6) is 0 Å². The van der Waals surface area contributed by atoms with Crippen LogP contribution in [0.4, 0.5) is 0 Å². The van der Waals surface area contributed by atoms with Crippen LogP contribution in [0.15, 0.2) is 17.1 Å². The van der Waals surface area contributed by atoms with Gasteiger partial charge in [0, 0.05) is 17.9 Å². The summed E-state index contributed by atoms with van der Waals surface area (Å²) in [5.41, 5.74) is 8.17. The third-order valence-electron chi connectivity index (χ3n) is 2.12. The van der Waals surface area contributed by atoms with Gasteiger partial charge in [-0.1, -0.05) is 13.8 Å². The van der Waals surface area contributed by atoms with Gasteiger partial charge in [0.05, 0.1) is 0 Å². The molecule has 0 aliphatic rings. The molecule has 0 saturated heterocycles. The fourth-order valence-electron chi connectivity index (χ4n) is 1.38. The molecule has 3 nitrogen and oxygen atoms in total. The Morgan fingerprint density at radius 1 is 1.36 bits per heavy atom. The van der Waals surface area contributed by atoms with E-state index in [1.807, 2.05) is 30.5 Å². The second kappa shape index (κ2) is 4.31. The fraction of sp³-hybridized carbons (Fsp3) is 0.545. The van der Waals surface area contributed by atoms with Crippen molar-refractivity contribution >= 4 is 5.96 Å². The van der Waals surface area contributed by atoms with Crippen molar-refractivity contribution in [1.82, 2.24) is 4.57 Å². The first-order valence-corrected chi connectivity index (χ1v) is 4.97. The predicted molar refractivity (Wildman–Crippen MR) is 60.6 cm³/mol. The zero-order valence-corrected chi connectivity index (χ0v) is 9.41. The van der Waals surface area contributed by atoms with E-state index in [1.54, 1.807) is 0 Å². The number of aryl methyl sites for hydroxylation is 2. The standard InChI is InChI=1S/C11H19N3/c1-8(2)7-13-11(12)14-9(3)5-6-10(14)4/h5-6,8H,7H2,1-4H3,(H2,12,13). The van der Waals surface area contributed by atoms with Gasteiger partial charge in [-0.25, -0.2) is 0 Å². The normalized spacial score (nSPS) is 12.5. The topological polar surface area (TPSA) is 43.3 Å². The Morgan fingerprint density at radius 2 is 1.86 bits per heavy atom. The molecule has 3 heteroatoms. The lowest BCUT2D eigenvalue weighted by molar-refractivity contribution is 0.662. The van der Waals surface area contributed by atoms with Crippen LogP contribution in [0.25, 0.3) is 0 Å². The summed E-state index contributed by atoms with van der Waals surface area (Å²) in [6, 6.07) is 4.10. The third kappa shape index (κ3) is 2.37. The second-order valence-corrected chi connectivity index (χ2v) is 4.04. The molecule has 0 spiro atoms. The molecule has 0 unspecified atom stereocenters. The highest BCUT2D eigenvalue weighted by Gasteiger charge is 2.04. The van der Waals surface area contributed by atoms with E-state index >= 15 is 0 Å². The third-order valence-corrected chi connectivity index (χ3v) is 2.12. The summed E-state index contributed by atoms with van der Waals surface area (Å²) >= 11 is 0. The zero-order valence-electron chi connectivity index (χ0n) is 9.41. The highest BCUT2D eigenvalue weighted by Crippen LogP contribution is 2.05. The highest BCUT2D eigenvalue weighted by molar-refractivity contribution is 5.82. The predicted octanol–water partition coefficient (Wildman–Crippen LogP) is 1.92. The van der Waals surface area contributed by atoms with E-state index < -0.39 is 0 Å². The minimum absolute atomic E-state index is 0.546. The number of hydrogen-bond acceptors (Lipinski definition) is 1. The van der Waals surface area contributed by atoms with E-state index in [-0.39, 0.29) is 0 Å². The Kier molecular flexibility index (Phi) is 3.33. The second-order valence-electron chi connectivity index (χ2n) is 4.04. The smallest absolute Gasteiger partial charge is 0.200 e. The number of rotatable bonds is 2. The van der Waals surface area contributed by atoms with Gasteiger partial charge in [0.2, 0.25) is 0 Å². The monoisotopic (exact) mass is 193 g/mol. The van der Waals surface area contributed by atoms with Crippen molar-refractivity contribution in [2.75, 3.05) is 6.54 Å². The minimum atomic E-state index is 0.546. The SMILES string of the molecule is Cc1ccc(C)n1/C(N)=N/CC(C)C. The van der Waals surface area contributed by atoms with E-state index in [0.717, 1.165) is 17.9 Å². The summed E-state index contributed by atoms with van der Waals surface area (Å²) in [6.07, 6.45) is 0. The molecule has 0 amide bonds. The maximum absolute atomic E-state index is 5.90. The van der Waals surface area contributed by atoms with Crippen LogP contribution in [-0.4, -0.2) is 17.1 Å². The lowest BCUT2D eigenvalue weighted by Gasteiger charge is -2.08. The molecule has 0 aliphatic heterocycles. The summed E-state index contributed by atoms with van der Waals surface area (Å²) in [5, 5.41) is 0. The Morgan fingerprint density at radius 3 is 2.29 bits per heavy atom. The lowest BCUT2D eigenvalue weighted by Crippen LogP contribution is -2.25. The summed E-state index contributed by atoms with van der Waals surface area (Å²) in [7, 11) is 0. The molecular weight excluding hydrogens is 174 g/mol. The Hall–Kier alpha value is -1.25. The molecule has 0 bridgehead atoms. The molecule has 1 heterocycles. The van der Waals surface area contributed by atoms with Crippen molar-refractivity contribution < 1.29 is 0 Å². The first-order valence-electron chi connectivity index (χ1n) is 4.97. The van der Waals surface area contributed by atoms with Gasteiger partial charge in [-0.05, 0) is 31.9 Å². The van der Waals surface area contributed by atoms with Gasteiger partial charge < -0.3 is 5.73 Å². The van der Waals surface area contributed by atoms with Gasteiger partial charge >= 0.3 is 0 Å². The minimum Gasteiger partial charge on any atom is -0.369 e. The largest absolute Gasteiger partial charge is 0.369 e. The van der Waals surface area contributed by atoms with Crippen molar-refractivity contribution in [2.45, 2.75) is 27.7 Å². The zero-order chi connectivity index (χ0) is 10.7. The summed E-state index contributed by atoms with van der Waals surface area (Å²) in [5.74, 6) is 1.14. The summed E-state index contributed by atoms with van der Waals surface area (Å²) < 4.78 is 1.97. The molecule has 0 radical (unpaired) electrons. The van der Waals surface area contributed by atoms with Gasteiger partial charge in [-0.2, -0.15) is 0 Å². The van der Waals surface area contributed by atoms with E-state index in [0.29, 0.717) is 11.9 Å². The van der Waals surface area contributed by atoms with E-state index in [2.05, 4.69) is 18.8 Å². The molecule has 0 aromatic carbocycles. The molecule has 0 aliphatic carbocycles. The first-order chi connectivity index (χ1) is 6.52. The van der Waals surface area contributed by atoms with Crippen LogP contribution < -0.4 is 5.73 Å². The average Bonchev–Trinajstić information content (AvgIpc) is 2.42. The van der Waals surface area contributed by atoms with Crippen molar-refractivity contribution in [3.8, 4) is 0 Å². The molecule has 2 N–H and O–H groups in total. The molecule has 0 atom stereocenters. The quantitative estimate of drug-likeness (QED) is 0.566. The number of hydrogen-bond donors (Lipinski definition) is 1. The number of aliphatic imine (C=N–C) groups is 1. The van der Waals surface area contributed by atoms with Crippen LogP contribution in [-0.2, 0) is 0 Å². The number of nitrogens with two attached hydrogens (primary N) is 1. The van der Waals surface area contributed by atoms with Gasteiger partial charge in [-0.3, -0.25) is 9.56 Å². The summed E-state index contributed by atoms with van der Waals surface area (Å²) in [6.45, 7) is 9.11. The maximum Gasteiger partial charge on any atom is 0.200 e. The van der Waals surface area contributed by atoms with Crippen LogP contribution >= 0.6 is 0 Å². The maximum atomic E-state index is 5.90. The fourth-order valence-corrected chi connectivity index (χ4v) is 1.38. The average molecular weight is 193 g/mol. The molecule has 0 fully saturated rings. The molecule has 1 aromatic heterocycles. The van der Waals surface area contributed by atoms with Crippen LogP contribution in [0.1, 0.15) is 25.2 Å². The Bertz CT molecular complexity index is 315. The van der Waals surface area contributed by atoms with E-state index in [9.17, 15) is 0 Å². The molecule has 1 aromatic rings. The first kappa shape index (κ1) is 10.8. The lowest BCUT2D eigenvalue weighted by atomic mass is 10.2. The van der Waals surface area contributed by atoms with Crippen molar-refractivity contribution in [2.24, 2.45) is 16.6 Å². The Labute approximate surface area is 85.6 Å². The number of aromatic nitrogens is 1. The molecule has 14 heavy (non-hydrogen) atoms. The Balaban J connectivity index is 2.88.